The van der Waals surface area contributed by atoms with Crippen molar-refractivity contribution in [2.45, 2.75) is 52.4 Å². The van der Waals surface area contributed by atoms with Gasteiger partial charge in [-0.25, -0.2) is 0 Å². The zero-order valence-corrected chi connectivity index (χ0v) is 22.5. The van der Waals surface area contributed by atoms with Crippen LogP contribution in [0.1, 0.15) is 62.8 Å². The van der Waals surface area contributed by atoms with Gasteiger partial charge in [-0.3, -0.25) is 9.97 Å². The van der Waals surface area contributed by atoms with Gasteiger partial charge in [-0.15, -0.1) is 0 Å². The molecule has 0 saturated heterocycles. The van der Waals surface area contributed by atoms with Gasteiger partial charge in [0.2, 0.25) is 0 Å². The van der Waals surface area contributed by atoms with Gasteiger partial charge in [0.05, 0.1) is 5.69 Å². The Balaban J connectivity index is 1.51. The Labute approximate surface area is 221 Å². The van der Waals surface area contributed by atoms with Crippen LogP contribution in [0.4, 0.5) is 0 Å². The van der Waals surface area contributed by atoms with Crippen molar-refractivity contribution < 1.29 is 0 Å². The van der Waals surface area contributed by atoms with Crippen molar-refractivity contribution in [2.24, 2.45) is 5.92 Å². The molecule has 2 atom stereocenters. The zero-order valence-electron chi connectivity index (χ0n) is 22.5. The molecule has 1 fully saturated rings. The molecule has 0 amide bonds. The molecule has 5 rings (SSSR count). The van der Waals surface area contributed by atoms with Gasteiger partial charge in [-0.2, -0.15) is 0 Å². The number of aromatic nitrogens is 2. The van der Waals surface area contributed by atoms with E-state index in [0.717, 1.165) is 29.2 Å². The molecule has 4 aromatic rings. The van der Waals surface area contributed by atoms with Crippen LogP contribution in [0.5, 0.6) is 0 Å². The highest BCUT2D eigenvalue weighted by Gasteiger charge is 2.50. The Morgan fingerprint density at radius 2 is 1.76 bits per heavy atom. The lowest BCUT2D eigenvalue weighted by molar-refractivity contribution is 0.643. The molecule has 0 aliphatic heterocycles. The molecule has 2 unspecified atom stereocenters. The largest absolute Gasteiger partial charge is 0.265 e. The van der Waals surface area contributed by atoms with E-state index >= 15 is 0 Å². The third-order valence-corrected chi connectivity index (χ3v) is 8.11. The van der Waals surface area contributed by atoms with Gasteiger partial charge in [0.15, 0.2) is 0 Å². The summed E-state index contributed by atoms with van der Waals surface area (Å²) in [6.07, 6.45) is 11.3. The number of nitrogens with zero attached hydrogens (tertiary/aromatic N) is 2. The molecule has 0 N–H and O–H groups in total. The monoisotopic (exact) mass is 484 g/mol. The summed E-state index contributed by atoms with van der Waals surface area (Å²) in [5.41, 5.74) is 12.2. The van der Waals surface area contributed by atoms with Crippen molar-refractivity contribution >= 4 is 11.1 Å². The smallest absolute Gasteiger partial charge is 0.0705 e. The van der Waals surface area contributed by atoms with Crippen molar-refractivity contribution in [3.8, 4) is 22.4 Å². The van der Waals surface area contributed by atoms with E-state index in [-0.39, 0.29) is 5.41 Å². The van der Waals surface area contributed by atoms with Gasteiger partial charge >= 0.3 is 0 Å². The van der Waals surface area contributed by atoms with Crippen molar-refractivity contribution in [3.05, 3.63) is 120 Å². The number of benzene rings is 2. The molecule has 1 saturated carbocycles. The van der Waals surface area contributed by atoms with Crippen LogP contribution in [0.3, 0.4) is 0 Å². The van der Waals surface area contributed by atoms with E-state index in [1.165, 1.54) is 51.8 Å². The average molecular weight is 485 g/mol. The normalized spacial score (nSPS) is 19.0. The topological polar surface area (TPSA) is 25.8 Å². The van der Waals surface area contributed by atoms with Gasteiger partial charge in [-0.1, -0.05) is 70.2 Å². The van der Waals surface area contributed by atoms with E-state index in [1.54, 1.807) is 0 Å². The van der Waals surface area contributed by atoms with E-state index < -0.39 is 0 Å². The predicted molar refractivity (Wildman–Crippen MR) is 157 cm³/mol. The molecule has 186 valence electrons. The number of allylic oxidation sites excluding steroid dienone is 3. The molecule has 0 radical (unpaired) electrons. The maximum Gasteiger partial charge on any atom is 0.0705 e. The molecule has 1 aliphatic carbocycles. The van der Waals surface area contributed by atoms with Crippen LogP contribution in [-0.2, 0) is 11.8 Å². The van der Waals surface area contributed by atoms with E-state index in [1.807, 2.05) is 24.7 Å². The van der Waals surface area contributed by atoms with Crippen LogP contribution in [0, 0.1) is 5.92 Å². The SMILES string of the molecule is C=C(/C=C(\C)c1cc(CC)cc(-c2ccncc2)c1)c1ccc(C2(C)CC2CC)c(-c2ccccn2)c1. The van der Waals surface area contributed by atoms with Crippen LogP contribution in [-0.4, -0.2) is 9.97 Å². The highest BCUT2D eigenvalue weighted by atomic mass is 14.7. The molecule has 37 heavy (non-hydrogen) atoms. The van der Waals surface area contributed by atoms with E-state index in [4.69, 9.17) is 4.98 Å². The third kappa shape index (κ3) is 5.06. The molecule has 0 spiro atoms. The molecule has 2 heterocycles. The second kappa shape index (κ2) is 10.3. The number of hydrogen-bond acceptors (Lipinski definition) is 2. The maximum absolute atomic E-state index is 4.72. The van der Waals surface area contributed by atoms with Crippen molar-refractivity contribution in [1.29, 1.82) is 0 Å². The number of hydrogen-bond donors (Lipinski definition) is 0. The lowest BCUT2D eigenvalue weighted by Gasteiger charge is -2.18. The van der Waals surface area contributed by atoms with E-state index in [2.05, 4.69) is 106 Å². The van der Waals surface area contributed by atoms with E-state index in [9.17, 15) is 0 Å². The molecule has 2 heteroatoms. The first-order chi connectivity index (χ1) is 17.9. The molecular weight excluding hydrogens is 448 g/mol. The summed E-state index contributed by atoms with van der Waals surface area (Å²) in [4.78, 5) is 8.90. The maximum atomic E-state index is 4.72. The molecule has 2 nitrogen and oxygen atoms in total. The lowest BCUT2D eigenvalue weighted by Crippen LogP contribution is -2.07. The summed E-state index contributed by atoms with van der Waals surface area (Å²) in [7, 11) is 0. The summed E-state index contributed by atoms with van der Waals surface area (Å²) >= 11 is 0. The summed E-state index contributed by atoms with van der Waals surface area (Å²) in [6, 6.07) is 24.0. The molecule has 1 aliphatic rings. The average Bonchev–Trinajstić information content (AvgIpc) is 3.64. The third-order valence-electron chi connectivity index (χ3n) is 8.11. The first kappa shape index (κ1) is 24.9. The van der Waals surface area contributed by atoms with Crippen molar-refractivity contribution in [1.82, 2.24) is 9.97 Å². The lowest BCUT2D eigenvalue weighted by atomic mass is 9.86. The first-order valence-corrected chi connectivity index (χ1v) is 13.4. The van der Waals surface area contributed by atoms with Crippen molar-refractivity contribution in [3.63, 3.8) is 0 Å². The highest BCUT2D eigenvalue weighted by Crippen LogP contribution is 2.57. The second-order valence-electron chi connectivity index (χ2n) is 10.6. The van der Waals surface area contributed by atoms with Crippen LogP contribution in [0.2, 0.25) is 0 Å². The van der Waals surface area contributed by atoms with Gasteiger partial charge in [0.25, 0.3) is 0 Å². The van der Waals surface area contributed by atoms with E-state index in [0.29, 0.717) is 0 Å². The van der Waals surface area contributed by atoms with Crippen LogP contribution < -0.4 is 0 Å². The summed E-state index contributed by atoms with van der Waals surface area (Å²) in [5, 5.41) is 0. The fourth-order valence-corrected chi connectivity index (χ4v) is 5.62. The first-order valence-electron chi connectivity index (χ1n) is 13.4. The Hall–Kier alpha value is -3.78. The number of rotatable bonds is 8. The minimum absolute atomic E-state index is 0.233. The van der Waals surface area contributed by atoms with Crippen LogP contribution in [0.25, 0.3) is 33.5 Å². The van der Waals surface area contributed by atoms with Gasteiger partial charge in [0.1, 0.15) is 0 Å². The molecule has 0 bridgehead atoms. The second-order valence-corrected chi connectivity index (χ2v) is 10.6. The van der Waals surface area contributed by atoms with Crippen LogP contribution >= 0.6 is 0 Å². The fourth-order valence-electron chi connectivity index (χ4n) is 5.62. The minimum Gasteiger partial charge on any atom is -0.265 e. The van der Waals surface area contributed by atoms with Crippen molar-refractivity contribution in [2.75, 3.05) is 0 Å². The Morgan fingerprint density at radius 3 is 2.43 bits per heavy atom. The molecule has 2 aromatic carbocycles. The number of pyridine rings is 2. The van der Waals surface area contributed by atoms with Crippen LogP contribution in [0.15, 0.2) is 98.0 Å². The quantitative estimate of drug-likeness (QED) is 0.233. The van der Waals surface area contributed by atoms with Gasteiger partial charge < -0.3 is 0 Å². The Bertz CT molecular complexity index is 1450. The van der Waals surface area contributed by atoms with Gasteiger partial charge in [0, 0.05) is 24.2 Å². The Kier molecular flexibility index (Phi) is 6.93. The van der Waals surface area contributed by atoms with Gasteiger partial charge in [-0.05, 0) is 112 Å². The zero-order chi connectivity index (χ0) is 26.0. The highest BCUT2D eigenvalue weighted by molar-refractivity contribution is 5.85. The summed E-state index contributed by atoms with van der Waals surface area (Å²) in [5.74, 6) is 0.742. The summed E-state index contributed by atoms with van der Waals surface area (Å²) < 4.78 is 0. The molecular formula is C35H36N2. The standard InChI is InChI=1S/C35H36N2/c1-6-26-19-29(21-30(20-26)27-13-16-36-17-14-27)25(4)18-24(3)28-11-12-33(35(5)23-31(35)7-2)32(22-28)34-10-8-9-15-37-34/h8-22,31H,3,6-7,23H2,1-2,4-5H3/b25-18+. The molecule has 2 aromatic heterocycles. The summed E-state index contributed by atoms with van der Waals surface area (Å²) in [6.45, 7) is 13.6. The number of aryl methyl sites for hydroxylation is 1. The predicted octanol–water partition coefficient (Wildman–Crippen LogP) is 9.18. The minimum atomic E-state index is 0.233. The Morgan fingerprint density at radius 1 is 0.946 bits per heavy atom. The fraction of sp³-hybridized carbons (Fsp3) is 0.257.